The summed E-state index contributed by atoms with van der Waals surface area (Å²) in [5.74, 6) is 0. The van der Waals surface area contributed by atoms with E-state index in [-0.39, 0.29) is 7.69 Å². The van der Waals surface area contributed by atoms with Gasteiger partial charge in [-0.2, -0.15) is 0 Å². The Morgan fingerprint density at radius 1 is 0.414 bits per heavy atom. The molecular weight excluding hydrogens is 359 g/mol. The molecule has 0 aromatic heterocycles. The second kappa shape index (κ2) is 38.5. The van der Waals surface area contributed by atoms with Gasteiger partial charge in [-0.15, -0.1) is 0 Å². The second-order valence-electron chi connectivity index (χ2n) is 8.06. The predicted molar refractivity (Wildman–Crippen MR) is 132 cm³/mol. The second-order valence-corrected chi connectivity index (χ2v) is 8.06. The van der Waals surface area contributed by atoms with Crippen molar-refractivity contribution in [1.82, 2.24) is 0 Å². The van der Waals surface area contributed by atoms with Gasteiger partial charge in [-0.1, -0.05) is 129 Å². The molecule has 0 aliphatic rings. The van der Waals surface area contributed by atoms with Crippen LogP contribution in [0, 0.1) is 0 Å². The third-order valence-electron chi connectivity index (χ3n) is 5.12. The van der Waals surface area contributed by atoms with Gasteiger partial charge in [-0.05, 0) is 25.9 Å². The van der Waals surface area contributed by atoms with Crippen molar-refractivity contribution in [1.29, 1.82) is 0 Å². The first-order valence-corrected chi connectivity index (χ1v) is 12.7. The van der Waals surface area contributed by atoms with Gasteiger partial charge in [0.05, 0.1) is 0 Å². The van der Waals surface area contributed by atoms with Crippen LogP contribution in [-0.4, -0.2) is 30.8 Å². The molecule has 0 aliphatic carbocycles. The molecule has 0 heterocycles. The molecule has 29 heavy (non-hydrogen) atoms. The molecule has 0 aromatic rings. The van der Waals surface area contributed by atoms with Crippen LogP contribution < -0.4 is 11.5 Å². The zero-order valence-electron chi connectivity index (χ0n) is 20.2. The quantitative estimate of drug-likeness (QED) is 0.140. The molecule has 0 unspecified atom stereocenters. The molecule has 0 saturated carbocycles. The average Bonchev–Trinajstić information content (AvgIpc) is 2.72. The Morgan fingerprint density at radius 2 is 0.586 bits per heavy atom. The lowest BCUT2D eigenvalue weighted by Crippen LogP contribution is -1.97. The smallest absolute Gasteiger partial charge is 0.429 e. The van der Waals surface area contributed by atoms with E-state index in [1.165, 1.54) is 128 Å². The summed E-state index contributed by atoms with van der Waals surface area (Å²) in [6.07, 6.45) is 27.9. The van der Waals surface area contributed by atoms with Crippen LogP contribution in [0.15, 0.2) is 0 Å². The fourth-order valence-electron chi connectivity index (χ4n) is 3.26. The van der Waals surface area contributed by atoms with E-state index in [9.17, 15) is 0 Å². The third-order valence-corrected chi connectivity index (χ3v) is 5.12. The van der Waals surface area contributed by atoms with Crippen molar-refractivity contribution >= 4 is 7.69 Å². The summed E-state index contributed by atoms with van der Waals surface area (Å²) in [5, 5.41) is 14.0. The van der Waals surface area contributed by atoms with Crippen molar-refractivity contribution in [3.8, 4) is 0 Å². The molecule has 0 bridgehead atoms. The first-order valence-electron chi connectivity index (χ1n) is 12.7. The normalized spacial score (nSPS) is 10.0. The van der Waals surface area contributed by atoms with E-state index in [1.54, 1.807) is 0 Å². The van der Waals surface area contributed by atoms with Gasteiger partial charge in [-0.25, -0.2) is 0 Å². The molecule has 0 aliphatic heterocycles. The van der Waals surface area contributed by atoms with Crippen LogP contribution in [0.25, 0.3) is 0 Å². The van der Waals surface area contributed by atoms with Crippen LogP contribution >= 0.6 is 0 Å². The lowest BCUT2D eigenvalue weighted by molar-refractivity contribution is 0.448. The fraction of sp³-hybridized carbons (Fsp3) is 1.00. The van der Waals surface area contributed by atoms with Gasteiger partial charge in [0.1, 0.15) is 0 Å². The van der Waals surface area contributed by atoms with Crippen molar-refractivity contribution in [2.24, 2.45) is 11.5 Å². The lowest BCUT2D eigenvalue weighted by atomic mass is 10.1. The Hall–Kier alpha value is -0.0951. The summed E-state index contributed by atoms with van der Waals surface area (Å²) in [5.41, 5.74) is 10.8. The van der Waals surface area contributed by atoms with Gasteiger partial charge in [0.15, 0.2) is 0 Å². The van der Waals surface area contributed by atoms with Gasteiger partial charge in [0.25, 0.3) is 0 Å². The molecule has 0 saturated heterocycles. The highest BCUT2D eigenvalue weighted by Gasteiger charge is 1.92. The summed E-state index contributed by atoms with van der Waals surface area (Å²) in [7, 11) is 0. The molecular formula is C24H56BN2O2. The maximum atomic E-state index is 7.00. The van der Waals surface area contributed by atoms with E-state index < -0.39 is 0 Å². The van der Waals surface area contributed by atoms with E-state index in [1.807, 2.05) is 0 Å². The van der Waals surface area contributed by atoms with Crippen molar-refractivity contribution in [3.63, 3.8) is 0 Å². The maximum Gasteiger partial charge on any atom is 0.482 e. The zero-order chi connectivity index (χ0) is 22.3. The number of unbranched alkanes of at least 4 members (excludes halogenated alkanes) is 18. The van der Waals surface area contributed by atoms with Crippen LogP contribution in [-0.2, 0) is 0 Å². The molecule has 6 N–H and O–H groups in total. The first kappa shape index (κ1) is 33.5. The molecule has 1 radical (unpaired) electrons. The number of nitrogens with two attached hydrogens (primary N) is 2. The first-order chi connectivity index (χ1) is 14.2. The molecule has 0 atom stereocenters. The summed E-state index contributed by atoms with van der Waals surface area (Å²) in [4.78, 5) is 0. The minimum atomic E-state index is 0. The third kappa shape index (κ3) is 47.3. The highest BCUT2D eigenvalue weighted by Crippen LogP contribution is 2.10. The van der Waals surface area contributed by atoms with E-state index in [4.69, 9.17) is 21.5 Å². The van der Waals surface area contributed by atoms with Gasteiger partial charge in [0.2, 0.25) is 0 Å². The Morgan fingerprint density at radius 3 is 0.759 bits per heavy atom. The Bertz CT molecular complexity index is 193. The summed E-state index contributed by atoms with van der Waals surface area (Å²) >= 11 is 0. The molecule has 177 valence electrons. The number of rotatable bonds is 20. The number of hydrogen-bond donors (Lipinski definition) is 4. The van der Waals surface area contributed by atoms with E-state index in [2.05, 4.69) is 13.8 Å². The molecule has 0 amide bonds. The minimum Gasteiger partial charge on any atom is -0.429 e. The zero-order valence-corrected chi connectivity index (χ0v) is 20.2. The Balaban J connectivity index is -0.000000410. The highest BCUT2D eigenvalue weighted by atomic mass is 16.4. The van der Waals surface area contributed by atoms with Crippen molar-refractivity contribution in [2.45, 2.75) is 142 Å². The largest absolute Gasteiger partial charge is 0.482 e. The van der Waals surface area contributed by atoms with Crippen molar-refractivity contribution in [2.75, 3.05) is 13.1 Å². The van der Waals surface area contributed by atoms with Crippen LogP contribution in [0.5, 0.6) is 0 Å². The van der Waals surface area contributed by atoms with Crippen LogP contribution in [0.2, 0.25) is 0 Å². The van der Waals surface area contributed by atoms with E-state index >= 15 is 0 Å². The molecule has 0 fully saturated rings. The lowest BCUT2D eigenvalue weighted by Gasteiger charge is -2.00. The molecule has 4 nitrogen and oxygen atoms in total. The molecule has 5 heteroatoms. The van der Waals surface area contributed by atoms with Crippen molar-refractivity contribution in [3.05, 3.63) is 0 Å². The monoisotopic (exact) mass is 415 g/mol. The summed E-state index contributed by atoms with van der Waals surface area (Å²) in [6, 6.07) is 0. The SMILES string of the molecule is CCCCCCCCCCCCN.CCCCCCCCCCCCN.O[B]O. The van der Waals surface area contributed by atoms with Gasteiger partial charge < -0.3 is 21.5 Å². The van der Waals surface area contributed by atoms with Crippen LogP contribution in [0.1, 0.15) is 142 Å². The van der Waals surface area contributed by atoms with Crippen molar-refractivity contribution < 1.29 is 10.0 Å². The van der Waals surface area contributed by atoms with Gasteiger partial charge >= 0.3 is 7.69 Å². The highest BCUT2D eigenvalue weighted by molar-refractivity contribution is 6.13. The molecule has 0 aromatic carbocycles. The Labute approximate surface area is 184 Å². The molecule has 0 spiro atoms. The van der Waals surface area contributed by atoms with Gasteiger partial charge in [0, 0.05) is 0 Å². The summed E-state index contributed by atoms with van der Waals surface area (Å²) in [6.45, 7) is 6.28. The predicted octanol–water partition coefficient (Wildman–Crippen LogP) is 6.24. The average molecular weight is 416 g/mol. The van der Waals surface area contributed by atoms with Gasteiger partial charge in [-0.3, -0.25) is 0 Å². The van der Waals surface area contributed by atoms with Crippen LogP contribution in [0.4, 0.5) is 0 Å². The fourth-order valence-corrected chi connectivity index (χ4v) is 3.26. The van der Waals surface area contributed by atoms with E-state index in [0.29, 0.717) is 0 Å². The Kier molecular flexibility index (Phi) is 44.5. The minimum absolute atomic E-state index is 0. The van der Waals surface area contributed by atoms with Crippen LogP contribution in [0.3, 0.4) is 0 Å². The standard InChI is InChI=1S/2C12H27N.BH2O2/c2*1-2-3-4-5-6-7-8-9-10-11-12-13;2-1-3/h2*2-13H2,1H3;2-3H. The molecule has 0 rings (SSSR count). The topological polar surface area (TPSA) is 92.5 Å². The summed E-state index contributed by atoms with van der Waals surface area (Å²) < 4.78 is 0. The van der Waals surface area contributed by atoms with E-state index in [0.717, 1.165) is 13.1 Å². The number of hydrogen-bond acceptors (Lipinski definition) is 4. The maximum absolute atomic E-state index is 7.00.